The topological polar surface area (TPSA) is 75.6 Å². The average molecular weight is 295 g/mol. The van der Waals surface area contributed by atoms with E-state index < -0.39 is 20.5 Å². The Morgan fingerprint density at radius 2 is 1.84 bits per heavy atom. The predicted molar refractivity (Wildman–Crippen MR) is 66.0 cm³/mol. The second kappa shape index (κ2) is 7.37. The van der Waals surface area contributed by atoms with Crippen LogP contribution >= 0.6 is 0 Å². The largest absolute Gasteiger partial charge is 0.394 e. The van der Waals surface area contributed by atoms with Crippen LogP contribution in [0.1, 0.15) is 0 Å². The van der Waals surface area contributed by atoms with Crippen molar-refractivity contribution in [2.45, 2.75) is 10.7 Å². The lowest BCUT2D eigenvalue weighted by atomic mass is 10.3. The number of aliphatic hydroxyl groups is 1. The number of anilines is 1. The number of ether oxygens (including phenoxy) is 1. The summed E-state index contributed by atoms with van der Waals surface area (Å²) in [5.74, 6) is -3.42. The van der Waals surface area contributed by atoms with E-state index >= 15 is 0 Å². The molecule has 1 aromatic carbocycles. The van der Waals surface area contributed by atoms with E-state index in [1.165, 1.54) is 12.1 Å². The van der Waals surface area contributed by atoms with Gasteiger partial charge in [-0.25, -0.2) is 8.42 Å². The third kappa shape index (κ3) is 4.73. The lowest BCUT2D eigenvalue weighted by Gasteiger charge is -2.08. The normalized spacial score (nSPS) is 11.8. The number of hydrogen-bond donors (Lipinski definition) is 2. The molecule has 0 fully saturated rings. The number of benzene rings is 1. The van der Waals surface area contributed by atoms with E-state index in [1.807, 2.05) is 0 Å². The van der Waals surface area contributed by atoms with Crippen LogP contribution in [0.25, 0.3) is 0 Å². The monoisotopic (exact) mass is 295 g/mol. The van der Waals surface area contributed by atoms with Crippen molar-refractivity contribution in [1.82, 2.24) is 0 Å². The Morgan fingerprint density at radius 3 is 2.37 bits per heavy atom. The molecule has 0 atom stereocenters. The fraction of sp³-hybridized carbons (Fsp3) is 0.455. The molecule has 19 heavy (non-hydrogen) atoms. The summed E-state index contributed by atoms with van der Waals surface area (Å²) in [6.45, 7) is 1.02. The minimum absolute atomic E-state index is 0.0554. The van der Waals surface area contributed by atoms with E-state index in [0.717, 1.165) is 12.1 Å². The van der Waals surface area contributed by atoms with Crippen molar-refractivity contribution in [2.75, 3.05) is 31.7 Å². The standard InChI is InChI=1S/C11H15F2NO4S/c12-11(13)19(16,17)10-3-1-9(2-4-10)14-5-7-18-8-6-15/h1-4,11,14-15H,5-8H2. The smallest absolute Gasteiger partial charge is 0.341 e. The number of rotatable bonds is 8. The van der Waals surface area contributed by atoms with Gasteiger partial charge in [0.15, 0.2) is 0 Å². The minimum atomic E-state index is -4.54. The minimum Gasteiger partial charge on any atom is -0.394 e. The lowest BCUT2D eigenvalue weighted by molar-refractivity contribution is 0.0992. The number of aliphatic hydroxyl groups excluding tert-OH is 1. The van der Waals surface area contributed by atoms with Gasteiger partial charge in [0.1, 0.15) is 0 Å². The average Bonchev–Trinajstić information content (AvgIpc) is 2.39. The number of alkyl halides is 2. The molecule has 0 radical (unpaired) electrons. The summed E-state index contributed by atoms with van der Waals surface area (Å²) < 4.78 is 51.9. The van der Waals surface area contributed by atoms with Crippen molar-refractivity contribution in [3.05, 3.63) is 24.3 Å². The fourth-order valence-electron chi connectivity index (χ4n) is 1.30. The quantitative estimate of drug-likeness (QED) is 0.703. The first-order chi connectivity index (χ1) is 8.98. The van der Waals surface area contributed by atoms with Crippen LogP contribution in [0.3, 0.4) is 0 Å². The Balaban J connectivity index is 2.53. The van der Waals surface area contributed by atoms with Crippen LogP contribution in [0.2, 0.25) is 0 Å². The molecule has 0 bridgehead atoms. The van der Waals surface area contributed by atoms with Crippen LogP contribution < -0.4 is 5.32 Å². The van der Waals surface area contributed by atoms with Gasteiger partial charge >= 0.3 is 5.76 Å². The van der Waals surface area contributed by atoms with Gasteiger partial charge in [0.2, 0.25) is 9.84 Å². The number of sulfone groups is 1. The van der Waals surface area contributed by atoms with Crippen LogP contribution in [0.15, 0.2) is 29.2 Å². The number of hydrogen-bond acceptors (Lipinski definition) is 5. The molecular weight excluding hydrogens is 280 g/mol. The van der Waals surface area contributed by atoms with E-state index in [1.54, 1.807) is 0 Å². The Labute approximate surface area is 110 Å². The van der Waals surface area contributed by atoms with E-state index in [4.69, 9.17) is 9.84 Å². The summed E-state index contributed by atoms with van der Waals surface area (Å²) in [5.41, 5.74) is 0.598. The molecule has 8 heteroatoms. The zero-order valence-corrected chi connectivity index (χ0v) is 10.9. The predicted octanol–water partition coefficient (Wildman–Crippen LogP) is 1.10. The highest BCUT2D eigenvalue weighted by Crippen LogP contribution is 2.20. The first-order valence-corrected chi connectivity index (χ1v) is 7.07. The number of halogens is 2. The highest BCUT2D eigenvalue weighted by molar-refractivity contribution is 7.91. The van der Waals surface area contributed by atoms with Crippen molar-refractivity contribution < 1.29 is 27.0 Å². The van der Waals surface area contributed by atoms with Gasteiger partial charge in [-0.3, -0.25) is 0 Å². The van der Waals surface area contributed by atoms with Crippen LogP contribution in [0.5, 0.6) is 0 Å². The molecule has 0 aliphatic rings. The van der Waals surface area contributed by atoms with Crippen LogP contribution in [0, 0.1) is 0 Å². The molecule has 0 unspecified atom stereocenters. The highest BCUT2D eigenvalue weighted by atomic mass is 32.2. The molecule has 0 aliphatic heterocycles. The zero-order valence-electron chi connectivity index (χ0n) is 10.1. The zero-order chi connectivity index (χ0) is 14.3. The highest BCUT2D eigenvalue weighted by Gasteiger charge is 2.26. The molecule has 0 amide bonds. The van der Waals surface area contributed by atoms with Crippen molar-refractivity contribution in [3.8, 4) is 0 Å². The summed E-state index contributed by atoms with van der Waals surface area (Å²) in [6, 6.07) is 5.05. The van der Waals surface area contributed by atoms with Gasteiger partial charge in [-0.05, 0) is 24.3 Å². The maximum Gasteiger partial charge on any atom is 0.341 e. The molecule has 0 aromatic heterocycles. The first kappa shape index (κ1) is 15.8. The van der Waals surface area contributed by atoms with Gasteiger partial charge in [-0.2, -0.15) is 8.78 Å². The third-order valence-corrected chi connectivity index (χ3v) is 3.63. The van der Waals surface area contributed by atoms with Gasteiger partial charge < -0.3 is 15.2 Å². The number of nitrogens with one attached hydrogen (secondary N) is 1. The fourth-order valence-corrected chi connectivity index (χ4v) is 2.02. The molecule has 1 aromatic rings. The summed E-state index contributed by atoms with van der Waals surface area (Å²) in [4.78, 5) is -0.412. The van der Waals surface area contributed by atoms with Gasteiger partial charge in [0.05, 0.1) is 24.7 Å². The van der Waals surface area contributed by atoms with Crippen molar-refractivity contribution >= 4 is 15.5 Å². The summed E-state index contributed by atoms with van der Waals surface area (Å²) in [6.07, 6.45) is 0. The van der Waals surface area contributed by atoms with Gasteiger partial charge in [0.25, 0.3) is 0 Å². The molecule has 5 nitrogen and oxygen atoms in total. The third-order valence-electron chi connectivity index (χ3n) is 2.23. The Kier molecular flexibility index (Phi) is 6.13. The van der Waals surface area contributed by atoms with E-state index in [-0.39, 0.29) is 13.2 Å². The SMILES string of the molecule is O=S(=O)(c1ccc(NCCOCCO)cc1)C(F)F. The molecule has 108 valence electrons. The second-order valence-electron chi connectivity index (χ2n) is 3.59. The molecule has 0 saturated heterocycles. The summed E-state index contributed by atoms with van der Waals surface area (Å²) in [5, 5.41) is 11.4. The van der Waals surface area contributed by atoms with E-state index in [0.29, 0.717) is 18.8 Å². The molecule has 0 spiro atoms. The van der Waals surface area contributed by atoms with Crippen LogP contribution in [0.4, 0.5) is 14.5 Å². The maximum atomic E-state index is 12.3. The van der Waals surface area contributed by atoms with E-state index in [2.05, 4.69) is 5.32 Å². The van der Waals surface area contributed by atoms with Crippen molar-refractivity contribution in [2.24, 2.45) is 0 Å². The van der Waals surface area contributed by atoms with Crippen molar-refractivity contribution in [3.63, 3.8) is 0 Å². The molecule has 2 N–H and O–H groups in total. The van der Waals surface area contributed by atoms with Crippen LogP contribution in [-0.4, -0.2) is 45.6 Å². The molecular formula is C11H15F2NO4S. The van der Waals surface area contributed by atoms with Crippen molar-refractivity contribution in [1.29, 1.82) is 0 Å². The van der Waals surface area contributed by atoms with E-state index in [9.17, 15) is 17.2 Å². The molecule has 1 rings (SSSR count). The Morgan fingerprint density at radius 1 is 1.21 bits per heavy atom. The molecule has 0 aliphatic carbocycles. The first-order valence-electron chi connectivity index (χ1n) is 5.53. The second-order valence-corrected chi connectivity index (χ2v) is 5.51. The maximum absolute atomic E-state index is 12.3. The van der Waals surface area contributed by atoms with Crippen LogP contribution in [-0.2, 0) is 14.6 Å². The van der Waals surface area contributed by atoms with Gasteiger partial charge in [-0.15, -0.1) is 0 Å². The van der Waals surface area contributed by atoms with Gasteiger partial charge in [-0.1, -0.05) is 0 Å². The lowest BCUT2D eigenvalue weighted by Crippen LogP contribution is -2.12. The Hall–Kier alpha value is -1.25. The summed E-state index contributed by atoms with van der Waals surface area (Å²) in [7, 11) is -4.54. The molecule has 0 heterocycles. The summed E-state index contributed by atoms with van der Waals surface area (Å²) >= 11 is 0. The van der Waals surface area contributed by atoms with Gasteiger partial charge in [0, 0.05) is 12.2 Å². The molecule has 0 saturated carbocycles. The Bertz CT molecular complexity index is 476.